The van der Waals surface area contributed by atoms with Crippen LogP contribution in [0.4, 0.5) is 0 Å². The Balaban J connectivity index is 2.87. The molecule has 3 nitrogen and oxygen atoms in total. The van der Waals surface area contributed by atoms with Gasteiger partial charge in [-0.2, -0.15) is 0 Å². The minimum absolute atomic E-state index is 0.0117. The number of nitrogens with zero attached hydrogens (tertiary/aromatic N) is 2. The van der Waals surface area contributed by atoms with E-state index in [-0.39, 0.29) is 5.54 Å². The SMILES string of the molecule is C=C1N=C(N)C=CN1C(C)(C)C. The largest absolute Gasteiger partial charge is 0.384 e. The van der Waals surface area contributed by atoms with Crippen LogP contribution in [0.5, 0.6) is 0 Å². The molecule has 0 saturated carbocycles. The molecule has 0 aromatic rings. The Labute approximate surface area is 73.3 Å². The van der Waals surface area contributed by atoms with Gasteiger partial charge in [0.1, 0.15) is 11.7 Å². The fraction of sp³-hybridized carbons (Fsp3) is 0.444. The lowest BCUT2D eigenvalue weighted by molar-refractivity contribution is 0.256. The van der Waals surface area contributed by atoms with Crippen molar-refractivity contribution in [2.24, 2.45) is 10.7 Å². The summed E-state index contributed by atoms with van der Waals surface area (Å²) < 4.78 is 0. The van der Waals surface area contributed by atoms with Gasteiger partial charge in [-0.05, 0) is 26.8 Å². The van der Waals surface area contributed by atoms with Gasteiger partial charge >= 0.3 is 0 Å². The van der Waals surface area contributed by atoms with E-state index in [9.17, 15) is 0 Å². The molecule has 0 aromatic carbocycles. The van der Waals surface area contributed by atoms with Gasteiger partial charge in [-0.1, -0.05) is 6.58 Å². The molecule has 0 atom stereocenters. The summed E-state index contributed by atoms with van der Waals surface area (Å²) in [6.45, 7) is 10.1. The monoisotopic (exact) mass is 165 g/mol. The standard InChI is InChI=1S/C9H15N3/c1-7-11-8(10)5-6-12(7)9(2,3)4/h5-6H,1H2,2-4H3,(H2,10,11). The number of hydrogen-bond acceptors (Lipinski definition) is 3. The molecule has 0 amide bonds. The third-order valence-corrected chi connectivity index (χ3v) is 1.65. The van der Waals surface area contributed by atoms with E-state index in [1.807, 2.05) is 11.1 Å². The van der Waals surface area contributed by atoms with Crippen LogP contribution in [-0.4, -0.2) is 16.3 Å². The van der Waals surface area contributed by atoms with Crippen LogP contribution in [0, 0.1) is 0 Å². The zero-order valence-electron chi connectivity index (χ0n) is 7.83. The third kappa shape index (κ3) is 1.67. The zero-order chi connectivity index (χ0) is 9.35. The van der Waals surface area contributed by atoms with Gasteiger partial charge < -0.3 is 10.6 Å². The van der Waals surface area contributed by atoms with Crippen molar-refractivity contribution in [3.63, 3.8) is 0 Å². The Hall–Kier alpha value is -1.25. The van der Waals surface area contributed by atoms with E-state index in [2.05, 4.69) is 32.3 Å². The molecule has 1 rings (SSSR count). The van der Waals surface area contributed by atoms with Crippen LogP contribution in [0.3, 0.4) is 0 Å². The highest BCUT2D eigenvalue weighted by molar-refractivity contribution is 5.92. The van der Waals surface area contributed by atoms with Crippen LogP contribution in [0.25, 0.3) is 0 Å². The summed E-state index contributed by atoms with van der Waals surface area (Å²) in [4.78, 5) is 6.06. The van der Waals surface area contributed by atoms with Gasteiger partial charge in [-0.25, -0.2) is 4.99 Å². The fourth-order valence-electron chi connectivity index (χ4n) is 1.09. The molecule has 0 aliphatic carbocycles. The molecule has 12 heavy (non-hydrogen) atoms. The third-order valence-electron chi connectivity index (χ3n) is 1.65. The summed E-state index contributed by atoms with van der Waals surface area (Å²) in [5.74, 6) is 1.21. The van der Waals surface area contributed by atoms with E-state index < -0.39 is 0 Å². The van der Waals surface area contributed by atoms with E-state index in [4.69, 9.17) is 5.73 Å². The Morgan fingerprint density at radius 1 is 1.50 bits per heavy atom. The van der Waals surface area contributed by atoms with Crippen LogP contribution in [0.1, 0.15) is 20.8 Å². The van der Waals surface area contributed by atoms with Gasteiger partial charge in [-0.3, -0.25) is 0 Å². The van der Waals surface area contributed by atoms with E-state index >= 15 is 0 Å². The summed E-state index contributed by atoms with van der Waals surface area (Å²) in [6.07, 6.45) is 3.69. The van der Waals surface area contributed by atoms with Gasteiger partial charge in [0, 0.05) is 11.7 Å². The maximum absolute atomic E-state index is 5.51. The van der Waals surface area contributed by atoms with Crippen molar-refractivity contribution in [2.75, 3.05) is 0 Å². The second-order valence-corrected chi connectivity index (χ2v) is 3.81. The first-order valence-corrected chi connectivity index (χ1v) is 3.92. The normalized spacial score (nSPS) is 18.1. The fourth-order valence-corrected chi connectivity index (χ4v) is 1.09. The second-order valence-electron chi connectivity index (χ2n) is 3.81. The quantitative estimate of drug-likeness (QED) is 0.590. The molecular weight excluding hydrogens is 150 g/mol. The molecule has 0 aromatic heterocycles. The van der Waals surface area contributed by atoms with E-state index in [1.165, 1.54) is 0 Å². The topological polar surface area (TPSA) is 41.6 Å². The maximum atomic E-state index is 5.51. The molecule has 1 aliphatic rings. The van der Waals surface area contributed by atoms with Crippen molar-refractivity contribution < 1.29 is 0 Å². The highest BCUT2D eigenvalue weighted by atomic mass is 15.3. The highest BCUT2D eigenvalue weighted by Crippen LogP contribution is 2.21. The predicted molar refractivity (Wildman–Crippen MR) is 51.5 cm³/mol. The Morgan fingerprint density at radius 3 is 2.50 bits per heavy atom. The Morgan fingerprint density at radius 2 is 2.08 bits per heavy atom. The molecule has 0 radical (unpaired) electrons. The molecule has 1 aliphatic heterocycles. The van der Waals surface area contributed by atoms with Crippen LogP contribution >= 0.6 is 0 Å². The molecule has 66 valence electrons. The molecule has 0 fully saturated rings. The van der Waals surface area contributed by atoms with Gasteiger partial charge in [0.25, 0.3) is 0 Å². The van der Waals surface area contributed by atoms with Crippen molar-refractivity contribution in [2.45, 2.75) is 26.3 Å². The van der Waals surface area contributed by atoms with Crippen LogP contribution in [-0.2, 0) is 0 Å². The lowest BCUT2D eigenvalue weighted by Crippen LogP contribution is -2.38. The molecule has 0 bridgehead atoms. The number of aliphatic imine (C=N–C) groups is 1. The second kappa shape index (κ2) is 2.66. The average Bonchev–Trinajstić information content (AvgIpc) is 1.83. The van der Waals surface area contributed by atoms with Gasteiger partial charge in [0.2, 0.25) is 0 Å². The Bertz CT molecular complexity index is 255. The van der Waals surface area contributed by atoms with Crippen molar-refractivity contribution in [1.82, 2.24) is 4.90 Å². The van der Waals surface area contributed by atoms with Gasteiger partial charge in [-0.15, -0.1) is 0 Å². The summed E-state index contributed by atoms with van der Waals surface area (Å²) >= 11 is 0. The molecule has 1 heterocycles. The molecule has 0 saturated heterocycles. The molecule has 0 spiro atoms. The van der Waals surface area contributed by atoms with Crippen LogP contribution in [0.15, 0.2) is 29.7 Å². The molecule has 2 N–H and O–H groups in total. The van der Waals surface area contributed by atoms with Crippen LogP contribution in [0.2, 0.25) is 0 Å². The summed E-state index contributed by atoms with van der Waals surface area (Å²) in [5, 5.41) is 0. The first-order valence-electron chi connectivity index (χ1n) is 3.92. The first-order chi connectivity index (χ1) is 5.41. The number of nitrogens with two attached hydrogens (primary N) is 1. The minimum Gasteiger partial charge on any atom is -0.384 e. The van der Waals surface area contributed by atoms with Gasteiger partial charge in [0.15, 0.2) is 0 Å². The summed E-state index contributed by atoms with van der Waals surface area (Å²) in [6, 6.07) is 0. The minimum atomic E-state index is 0.0117. The molecule has 0 unspecified atom stereocenters. The first kappa shape index (κ1) is 8.84. The van der Waals surface area contributed by atoms with E-state index in [0.717, 1.165) is 0 Å². The average molecular weight is 165 g/mol. The highest BCUT2D eigenvalue weighted by Gasteiger charge is 2.21. The maximum Gasteiger partial charge on any atom is 0.128 e. The predicted octanol–water partition coefficient (Wildman–Crippen LogP) is 1.44. The van der Waals surface area contributed by atoms with Crippen LogP contribution < -0.4 is 5.73 Å². The van der Waals surface area contributed by atoms with E-state index in [1.54, 1.807) is 6.08 Å². The smallest absolute Gasteiger partial charge is 0.128 e. The van der Waals surface area contributed by atoms with Gasteiger partial charge in [0.05, 0.1) is 0 Å². The number of amidine groups is 1. The Kier molecular flexibility index (Phi) is 1.96. The summed E-state index contributed by atoms with van der Waals surface area (Å²) in [7, 11) is 0. The molecular formula is C9H15N3. The number of hydrogen-bond donors (Lipinski definition) is 1. The summed E-state index contributed by atoms with van der Waals surface area (Å²) in [5.41, 5.74) is 5.52. The van der Waals surface area contributed by atoms with Crippen molar-refractivity contribution in [3.05, 3.63) is 24.7 Å². The lowest BCUT2D eigenvalue weighted by Gasteiger charge is -2.35. The van der Waals surface area contributed by atoms with E-state index in [0.29, 0.717) is 11.7 Å². The zero-order valence-corrected chi connectivity index (χ0v) is 7.83. The lowest BCUT2D eigenvalue weighted by atomic mass is 10.1. The molecule has 3 heteroatoms. The van der Waals surface area contributed by atoms with Crippen molar-refractivity contribution in [1.29, 1.82) is 0 Å². The van der Waals surface area contributed by atoms with Crippen molar-refractivity contribution in [3.8, 4) is 0 Å². The van der Waals surface area contributed by atoms with Crippen molar-refractivity contribution >= 4 is 5.84 Å². The number of rotatable bonds is 0.